The van der Waals surface area contributed by atoms with Gasteiger partial charge in [-0.2, -0.15) is 0 Å². The van der Waals surface area contributed by atoms with E-state index in [1.807, 2.05) is 13.0 Å². The van der Waals surface area contributed by atoms with E-state index in [9.17, 15) is 0 Å². The molecule has 0 spiro atoms. The first-order valence-corrected chi connectivity index (χ1v) is 5.55. The summed E-state index contributed by atoms with van der Waals surface area (Å²) >= 11 is 6.13. The van der Waals surface area contributed by atoms with Crippen molar-refractivity contribution in [2.24, 2.45) is 0 Å². The fourth-order valence-electron chi connectivity index (χ4n) is 1.61. The zero-order chi connectivity index (χ0) is 9.84. The van der Waals surface area contributed by atoms with E-state index in [-0.39, 0.29) is 5.38 Å². The topological polar surface area (TPSA) is 0 Å². The molecule has 0 bridgehead atoms. The summed E-state index contributed by atoms with van der Waals surface area (Å²) in [4.78, 5) is 0. The van der Waals surface area contributed by atoms with E-state index in [1.165, 1.54) is 5.56 Å². The summed E-state index contributed by atoms with van der Waals surface area (Å²) in [5.74, 6) is 0.440. The Bertz CT molecular complexity index is 271. The van der Waals surface area contributed by atoms with Crippen LogP contribution in [-0.2, 0) is 0 Å². The molecular formula is C11H14ClSi. The van der Waals surface area contributed by atoms with Crippen molar-refractivity contribution in [1.82, 2.24) is 0 Å². The van der Waals surface area contributed by atoms with Crippen molar-refractivity contribution in [2.45, 2.75) is 31.6 Å². The van der Waals surface area contributed by atoms with Crippen LogP contribution in [0, 0.1) is 0 Å². The molecule has 1 aromatic carbocycles. The second-order valence-corrected chi connectivity index (χ2v) is 4.51. The SMILES string of the molecule is CCC(c1ccccc1[Si])C(C)Cl. The van der Waals surface area contributed by atoms with E-state index in [0.29, 0.717) is 5.92 Å². The Labute approximate surface area is 88.7 Å². The summed E-state index contributed by atoms with van der Waals surface area (Å²) in [7, 11) is 3.60. The molecule has 0 heterocycles. The average Bonchev–Trinajstić information content (AvgIpc) is 2.09. The van der Waals surface area contributed by atoms with Crippen molar-refractivity contribution in [1.29, 1.82) is 0 Å². The number of hydrogen-bond acceptors (Lipinski definition) is 0. The molecule has 2 atom stereocenters. The lowest BCUT2D eigenvalue weighted by Crippen LogP contribution is -2.18. The highest BCUT2D eigenvalue weighted by Crippen LogP contribution is 2.24. The first kappa shape index (κ1) is 10.8. The first-order chi connectivity index (χ1) is 6.16. The summed E-state index contributed by atoms with van der Waals surface area (Å²) < 4.78 is 0. The Kier molecular flexibility index (Phi) is 4.01. The maximum absolute atomic E-state index is 6.13. The molecule has 0 aliphatic heterocycles. The smallest absolute Gasteiger partial charge is 0.0715 e. The largest absolute Gasteiger partial charge is 0.123 e. The van der Waals surface area contributed by atoms with Crippen LogP contribution in [-0.4, -0.2) is 15.6 Å². The highest BCUT2D eigenvalue weighted by Gasteiger charge is 2.16. The first-order valence-electron chi connectivity index (χ1n) is 4.61. The highest BCUT2D eigenvalue weighted by molar-refractivity contribution is 6.33. The van der Waals surface area contributed by atoms with Gasteiger partial charge in [-0.05, 0) is 24.8 Å². The van der Waals surface area contributed by atoms with Crippen molar-refractivity contribution < 1.29 is 0 Å². The van der Waals surface area contributed by atoms with Crippen LogP contribution in [0.15, 0.2) is 24.3 Å². The Morgan fingerprint density at radius 1 is 1.38 bits per heavy atom. The summed E-state index contributed by atoms with van der Waals surface area (Å²) in [6.07, 6.45) is 1.08. The van der Waals surface area contributed by atoms with E-state index in [2.05, 4.69) is 35.4 Å². The standard InChI is InChI=1S/C11H14ClSi/c1-3-9(8(2)12)10-6-4-5-7-11(10)13/h4-9H,3H2,1-2H3. The van der Waals surface area contributed by atoms with Crippen LogP contribution in [0.2, 0.25) is 0 Å². The molecule has 0 saturated carbocycles. The van der Waals surface area contributed by atoms with Gasteiger partial charge in [-0.25, -0.2) is 0 Å². The Morgan fingerprint density at radius 2 is 2.00 bits per heavy atom. The van der Waals surface area contributed by atoms with Crippen LogP contribution in [0.3, 0.4) is 0 Å². The molecule has 69 valence electrons. The van der Waals surface area contributed by atoms with E-state index < -0.39 is 0 Å². The predicted molar refractivity (Wildman–Crippen MR) is 60.2 cm³/mol. The number of alkyl halides is 1. The summed E-state index contributed by atoms with van der Waals surface area (Å²) in [6.45, 7) is 4.22. The van der Waals surface area contributed by atoms with Crippen LogP contribution in [0.25, 0.3) is 0 Å². The molecule has 1 rings (SSSR count). The van der Waals surface area contributed by atoms with Gasteiger partial charge in [0.15, 0.2) is 0 Å². The molecule has 1 aromatic rings. The van der Waals surface area contributed by atoms with Crippen LogP contribution < -0.4 is 5.19 Å². The maximum Gasteiger partial charge on any atom is 0.0715 e. The van der Waals surface area contributed by atoms with Crippen LogP contribution in [0.1, 0.15) is 31.7 Å². The number of rotatable bonds is 3. The normalized spacial score (nSPS) is 15.4. The van der Waals surface area contributed by atoms with Crippen LogP contribution in [0.5, 0.6) is 0 Å². The average molecular weight is 210 g/mol. The molecule has 2 unspecified atom stereocenters. The van der Waals surface area contributed by atoms with Gasteiger partial charge < -0.3 is 0 Å². The third-order valence-electron chi connectivity index (χ3n) is 2.35. The van der Waals surface area contributed by atoms with Crippen LogP contribution in [0.4, 0.5) is 0 Å². The molecular weight excluding hydrogens is 196 g/mol. The molecule has 0 nitrogen and oxygen atoms in total. The molecule has 2 heteroatoms. The van der Waals surface area contributed by atoms with Crippen molar-refractivity contribution >= 4 is 27.0 Å². The number of hydrogen-bond donors (Lipinski definition) is 0. The van der Waals surface area contributed by atoms with E-state index in [0.717, 1.165) is 11.6 Å². The summed E-state index contributed by atoms with van der Waals surface area (Å²) in [6, 6.07) is 8.28. The fraction of sp³-hybridized carbons (Fsp3) is 0.455. The third-order valence-corrected chi connectivity index (χ3v) is 3.11. The fourth-order valence-corrected chi connectivity index (χ4v) is 2.29. The van der Waals surface area contributed by atoms with Crippen molar-refractivity contribution in [3.8, 4) is 0 Å². The number of benzene rings is 1. The molecule has 0 aliphatic rings. The monoisotopic (exact) mass is 209 g/mol. The summed E-state index contributed by atoms with van der Waals surface area (Å²) in [5.41, 5.74) is 1.31. The Morgan fingerprint density at radius 3 is 2.46 bits per heavy atom. The van der Waals surface area contributed by atoms with Gasteiger partial charge in [0.05, 0.1) is 10.2 Å². The summed E-state index contributed by atoms with van der Waals surface area (Å²) in [5, 5.41) is 1.34. The van der Waals surface area contributed by atoms with Gasteiger partial charge in [-0.3, -0.25) is 0 Å². The lowest BCUT2D eigenvalue weighted by atomic mass is 9.93. The molecule has 13 heavy (non-hydrogen) atoms. The molecule has 0 saturated heterocycles. The third kappa shape index (κ3) is 2.58. The lowest BCUT2D eigenvalue weighted by Gasteiger charge is -2.19. The van der Waals surface area contributed by atoms with Crippen molar-refractivity contribution in [2.75, 3.05) is 0 Å². The maximum atomic E-state index is 6.13. The van der Waals surface area contributed by atoms with Gasteiger partial charge in [0, 0.05) is 5.38 Å². The van der Waals surface area contributed by atoms with Gasteiger partial charge in [-0.1, -0.05) is 36.4 Å². The molecule has 3 radical (unpaired) electrons. The van der Waals surface area contributed by atoms with Crippen LogP contribution >= 0.6 is 11.6 Å². The molecule has 0 amide bonds. The van der Waals surface area contributed by atoms with Crippen molar-refractivity contribution in [3.63, 3.8) is 0 Å². The van der Waals surface area contributed by atoms with E-state index >= 15 is 0 Å². The van der Waals surface area contributed by atoms with Gasteiger partial charge in [0.1, 0.15) is 0 Å². The second-order valence-electron chi connectivity index (χ2n) is 3.28. The predicted octanol–water partition coefficient (Wildman–Crippen LogP) is 2.60. The Hall–Kier alpha value is -0.273. The van der Waals surface area contributed by atoms with Crippen molar-refractivity contribution in [3.05, 3.63) is 29.8 Å². The van der Waals surface area contributed by atoms with E-state index in [4.69, 9.17) is 11.6 Å². The second kappa shape index (κ2) is 4.82. The van der Waals surface area contributed by atoms with Gasteiger partial charge >= 0.3 is 0 Å². The van der Waals surface area contributed by atoms with Gasteiger partial charge in [0.2, 0.25) is 0 Å². The molecule has 0 fully saturated rings. The minimum atomic E-state index is 0.183. The molecule has 0 aromatic heterocycles. The zero-order valence-corrected chi connectivity index (χ0v) is 9.81. The minimum Gasteiger partial charge on any atom is -0.123 e. The minimum absolute atomic E-state index is 0.183. The lowest BCUT2D eigenvalue weighted by molar-refractivity contribution is 0.653. The molecule has 0 aliphatic carbocycles. The zero-order valence-electron chi connectivity index (χ0n) is 8.05. The number of halogens is 1. The van der Waals surface area contributed by atoms with Gasteiger partial charge in [0.25, 0.3) is 0 Å². The quantitative estimate of drug-likeness (QED) is 0.531. The Balaban J connectivity index is 2.97. The highest BCUT2D eigenvalue weighted by atomic mass is 35.5. The van der Waals surface area contributed by atoms with E-state index in [1.54, 1.807) is 0 Å². The van der Waals surface area contributed by atoms with Gasteiger partial charge in [-0.15, -0.1) is 11.6 Å². The molecule has 0 N–H and O–H groups in total.